The van der Waals surface area contributed by atoms with Crippen molar-refractivity contribution in [2.45, 2.75) is 47.3 Å². The Morgan fingerprint density at radius 1 is 1.47 bits per heavy atom. The predicted octanol–water partition coefficient (Wildman–Crippen LogP) is 2.54. The van der Waals surface area contributed by atoms with Crippen molar-refractivity contribution < 1.29 is 9.53 Å². The van der Waals surface area contributed by atoms with Crippen molar-refractivity contribution in [2.24, 2.45) is 5.41 Å². The van der Waals surface area contributed by atoms with Gasteiger partial charge in [-0.05, 0) is 19.3 Å². The molecular weight excluding hydrogens is 216 g/mol. The summed E-state index contributed by atoms with van der Waals surface area (Å²) in [7, 11) is 0. The van der Waals surface area contributed by atoms with Crippen molar-refractivity contribution in [1.82, 2.24) is 9.55 Å². The Morgan fingerprint density at radius 3 is 2.59 bits per heavy atom. The van der Waals surface area contributed by atoms with E-state index < -0.39 is 6.10 Å². The van der Waals surface area contributed by atoms with Crippen LogP contribution in [0.4, 0.5) is 0 Å². The topological polar surface area (TPSA) is 44.1 Å². The first-order valence-electron chi connectivity index (χ1n) is 6.08. The number of ether oxygens (including phenoxy) is 1. The van der Waals surface area contributed by atoms with Gasteiger partial charge in [0.15, 0.2) is 5.82 Å². The van der Waals surface area contributed by atoms with E-state index in [1.807, 2.05) is 45.4 Å². The van der Waals surface area contributed by atoms with E-state index in [2.05, 4.69) is 4.98 Å². The fraction of sp³-hybridized carbons (Fsp3) is 0.692. The molecule has 0 saturated heterocycles. The average Bonchev–Trinajstić information content (AvgIpc) is 2.71. The van der Waals surface area contributed by atoms with E-state index in [0.717, 1.165) is 6.54 Å². The molecule has 1 rings (SSSR count). The van der Waals surface area contributed by atoms with E-state index in [0.29, 0.717) is 12.4 Å². The van der Waals surface area contributed by atoms with Crippen molar-refractivity contribution in [3.63, 3.8) is 0 Å². The maximum Gasteiger partial charge on any atom is 0.227 e. The summed E-state index contributed by atoms with van der Waals surface area (Å²) in [5.41, 5.74) is -0.225. The minimum Gasteiger partial charge on any atom is -0.370 e. The van der Waals surface area contributed by atoms with Crippen LogP contribution in [0, 0.1) is 5.41 Å². The monoisotopic (exact) mass is 238 g/mol. The van der Waals surface area contributed by atoms with Crippen molar-refractivity contribution in [3.05, 3.63) is 18.2 Å². The third-order valence-electron chi connectivity index (χ3n) is 2.63. The Balaban J connectivity index is 3.00. The molecule has 0 aromatic carbocycles. The molecule has 0 radical (unpaired) electrons. The summed E-state index contributed by atoms with van der Waals surface area (Å²) in [6.07, 6.45) is 3.03. The molecule has 0 spiro atoms. The highest BCUT2D eigenvalue weighted by molar-refractivity contribution is 5.97. The molecule has 0 bridgehead atoms. The highest BCUT2D eigenvalue weighted by Crippen LogP contribution is 2.25. The maximum atomic E-state index is 12.4. The summed E-state index contributed by atoms with van der Waals surface area (Å²) < 4.78 is 7.44. The first kappa shape index (κ1) is 13.9. The zero-order valence-electron chi connectivity index (χ0n) is 11.4. The summed E-state index contributed by atoms with van der Waals surface area (Å²) in [5, 5.41) is 0. The third-order valence-corrected chi connectivity index (χ3v) is 2.63. The van der Waals surface area contributed by atoms with Gasteiger partial charge in [-0.25, -0.2) is 4.98 Å². The third kappa shape index (κ3) is 3.16. The highest BCUT2D eigenvalue weighted by Gasteiger charge is 2.34. The molecule has 0 aliphatic carbocycles. The zero-order valence-corrected chi connectivity index (χ0v) is 11.4. The molecule has 0 aliphatic heterocycles. The molecule has 0 N–H and O–H groups in total. The average molecular weight is 238 g/mol. The number of ketones is 1. The van der Waals surface area contributed by atoms with Gasteiger partial charge in [0.25, 0.3) is 0 Å². The van der Waals surface area contributed by atoms with Crippen LogP contribution in [0.5, 0.6) is 0 Å². The van der Waals surface area contributed by atoms with Crippen LogP contribution in [0.15, 0.2) is 12.4 Å². The van der Waals surface area contributed by atoms with Crippen LogP contribution >= 0.6 is 0 Å². The molecule has 0 amide bonds. The number of hydrogen-bond acceptors (Lipinski definition) is 3. The molecular formula is C13H22N2O2. The quantitative estimate of drug-likeness (QED) is 0.740. The number of aromatic nitrogens is 2. The molecule has 1 aromatic heterocycles. The van der Waals surface area contributed by atoms with Gasteiger partial charge in [-0.1, -0.05) is 20.8 Å². The lowest BCUT2D eigenvalue weighted by Crippen LogP contribution is -2.38. The number of aryl methyl sites for hydroxylation is 1. The van der Waals surface area contributed by atoms with E-state index in [-0.39, 0.29) is 11.2 Å². The first-order chi connectivity index (χ1) is 7.91. The molecule has 96 valence electrons. The van der Waals surface area contributed by atoms with Gasteiger partial charge >= 0.3 is 0 Å². The van der Waals surface area contributed by atoms with Crippen LogP contribution in [0.1, 0.15) is 45.2 Å². The Bertz CT molecular complexity index is 377. The number of imidazole rings is 1. The van der Waals surface area contributed by atoms with Crippen LogP contribution in [0.3, 0.4) is 0 Å². The van der Waals surface area contributed by atoms with Crippen molar-refractivity contribution in [2.75, 3.05) is 6.61 Å². The predicted molar refractivity (Wildman–Crippen MR) is 67.1 cm³/mol. The molecule has 0 fully saturated rings. The smallest absolute Gasteiger partial charge is 0.227 e. The minimum atomic E-state index is -0.444. The molecule has 0 saturated carbocycles. The van der Waals surface area contributed by atoms with Gasteiger partial charge in [0.2, 0.25) is 5.78 Å². The Hall–Kier alpha value is -1.16. The van der Waals surface area contributed by atoms with Gasteiger partial charge in [-0.2, -0.15) is 0 Å². The Morgan fingerprint density at radius 2 is 2.12 bits per heavy atom. The van der Waals surface area contributed by atoms with E-state index in [1.54, 1.807) is 6.20 Å². The molecule has 17 heavy (non-hydrogen) atoms. The van der Waals surface area contributed by atoms with Gasteiger partial charge in [0.1, 0.15) is 6.10 Å². The van der Waals surface area contributed by atoms with Gasteiger partial charge in [-0.15, -0.1) is 0 Å². The number of rotatable bonds is 5. The van der Waals surface area contributed by atoms with E-state index in [4.69, 9.17) is 4.74 Å². The van der Waals surface area contributed by atoms with Crippen molar-refractivity contribution >= 4 is 5.78 Å². The van der Waals surface area contributed by atoms with Crippen LogP contribution < -0.4 is 0 Å². The largest absolute Gasteiger partial charge is 0.370 e. The van der Waals surface area contributed by atoms with Gasteiger partial charge in [0, 0.05) is 25.5 Å². The lowest BCUT2D eigenvalue weighted by molar-refractivity contribution is -0.00121. The Labute approximate surface area is 103 Å². The fourth-order valence-electron chi connectivity index (χ4n) is 1.79. The van der Waals surface area contributed by atoms with Crippen molar-refractivity contribution in [1.29, 1.82) is 0 Å². The molecule has 0 aliphatic rings. The molecule has 1 aromatic rings. The van der Waals surface area contributed by atoms with Gasteiger partial charge < -0.3 is 9.30 Å². The zero-order chi connectivity index (χ0) is 13.1. The second-order valence-electron chi connectivity index (χ2n) is 5.10. The van der Waals surface area contributed by atoms with E-state index in [1.165, 1.54) is 0 Å². The van der Waals surface area contributed by atoms with E-state index >= 15 is 0 Å². The maximum absolute atomic E-state index is 12.4. The number of nitrogens with zero attached hydrogens (tertiary/aromatic N) is 2. The lowest BCUT2D eigenvalue weighted by Gasteiger charge is -2.28. The molecule has 1 heterocycles. The second-order valence-corrected chi connectivity index (χ2v) is 5.10. The lowest BCUT2D eigenvalue weighted by atomic mass is 9.86. The highest BCUT2D eigenvalue weighted by atomic mass is 16.5. The number of carbonyl (C=O) groups is 1. The standard InChI is InChI=1S/C13H22N2O2/c1-6-15-9-8-14-12(15)10(16)11(17-7-2)13(3,4)5/h8-9,11H,6-7H2,1-5H3. The van der Waals surface area contributed by atoms with Gasteiger partial charge in [0.05, 0.1) is 0 Å². The summed E-state index contributed by atoms with van der Waals surface area (Å²) in [6.45, 7) is 11.2. The number of hydrogen-bond donors (Lipinski definition) is 0. The van der Waals surface area contributed by atoms with Crippen LogP contribution in [0.25, 0.3) is 0 Å². The number of Topliss-reactive ketones (excluding diaryl/α,β-unsaturated/α-hetero) is 1. The Kier molecular flexibility index (Phi) is 4.46. The van der Waals surface area contributed by atoms with Crippen LogP contribution in [-0.4, -0.2) is 28.0 Å². The minimum absolute atomic E-state index is 0.0359. The number of carbonyl (C=O) groups excluding carboxylic acids is 1. The molecule has 1 atom stereocenters. The van der Waals surface area contributed by atoms with Crippen LogP contribution in [-0.2, 0) is 11.3 Å². The van der Waals surface area contributed by atoms with Crippen molar-refractivity contribution in [3.8, 4) is 0 Å². The summed E-state index contributed by atoms with van der Waals surface area (Å²) in [5.74, 6) is 0.451. The fourth-order valence-corrected chi connectivity index (χ4v) is 1.79. The summed E-state index contributed by atoms with van der Waals surface area (Å²) >= 11 is 0. The summed E-state index contributed by atoms with van der Waals surface area (Å²) in [4.78, 5) is 16.6. The first-order valence-corrected chi connectivity index (χ1v) is 6.08. The molecule has 1 unspecified atom stereocenters. The summed E-state index contributed by atoms with van der Waals surface area (Å²) in [6, 6.07) is 0. The van der Waals surface area contributed by atoms with E-state index in [9.17, 15) is 4.79 Å². The normalized spacial score (nSPS) is 13.7. The van der Waals surface area contributed by atoms with Crippen LogP contribution in [0.2, 0.25) is 0 Å². The molecule has 4 nitrogen and oxygen atoms in total. The van der Waals surface area contributed by atoms with Gasteiger partial charge in [-0.3, -0.25) is 4.79 Å². The second kappa shape index (κ2) is 5.45. The molecule has 4 heteroatoms. The SMILES string of the molecule is CCOC(C(=O)c1nccn1CC)C(C)(C)C.